The van der Waals surface area contributed by atoms with Crippen molar-refractivity contribution < 1.29 is 4.39 Å². The van der Waals surface area contributed by atoms with E-state index in [4.69, 9.17) is 0 Å². The molecule has 1 heteroatoms. The fourth-order valence-corrected chi connectivity index (χ4v) is 3.81. The lowest BCUT2D eigenvalue weighted by molar-refractivity contribution is 0.631. The Morgan fingerprint density at radius 1 is 0.710 bits per heavy atom. The summed E-state index contributed by atoms with van der Waals surface area (Å²) in [5.41, 5.74) is 6.35. The van der Waals surface area contributed by atoms with Crippen LogP contribution in [0.5, 0.6) is 0 Å². The molecule has 0 saturated heterocycles. The van der Waals surface area contributed by atoms with Crippen LogP contribution in [0.2, 0.25) is 0 Å². The maximum atomic E-state index is 14.2. The molecule has 0 atom stereocenters. The summed E-state index contributed by atoms with van der Waals surface area (Å²) in [7, 11) is 0. The molecule has 0 heterocycles. The molecule has 0 bridgehead atoms. The van der Waals surface area contributed by atoms with Gasteiger partial charge in [0.1, 0.15) is 5.82 Å². The zero-order valence-corrected chi connectivity index (χ0v) is 18.2. The van der Waals surface area contributed by atoms with Crippen molar-refractivity contribution in [1.29, 1.82) is 0 Å². The SMILES string of the molecule is CCCCCc1ccc(-c2ccc(C#Cc3ccc4c(F)c(C)ccc4c3)cc2)cc1. The van der Waals surface area contributed by atoms with Gasteiger partial charge in [-0.15, -0.1) is 0 Å². The van der Waals surface area contributed by atoms with E-state index in [-0.39, 0.29) is 5.82 Å². The van der Waals surface area contributed by atoms with Crippen LogP contribution < -0.4 is 0 Å². The van der Waals surface area contributed by atoms with Crippen molar-refractivity contribution in [1.82, 2.24) is 0 Å². The van der Waals surface area contributed by atoms with E-state index in [2.05, 4.69) is 67.3 Å². The van der Waals surface area contributed by atoms with E-state index in [0.29, 0.717) is 10.9 Å². The van der Waals surface area contributed by atoms with Gasteiger partial charge in [-0.25, -0.2) is 4.39 Å². The molecule has 0 aliphatic carbocycles. The molecule has 0 radical (unpaired) electrons. The van der Waals surface area contributed by atoms with Gasteiger partial charge in [0, 0.05) is 16.5 Å². The number of aryl methyl sites for hydroxylation is 2. The molecule has 0 nitrogen and oxygen atoms in total. The normalized spacial score (nSPS) is 10.7. The van der Waals surface area contributed by atoms with Gasteiger partial charge < -0.3 is 0 Å². The quantitative estimate of drug-likeness (QED) is 0.232. The molecule has 0 aliphatic rings. The molecule has 154 valence electrons. The molecule has 0 amide bonds. The van der Waals surface area contributed by atoms with E-state index in [1.165, 1.54) is 36.0 Å². The average Bonchev–Trinajstić information content (AvgIpc) is 2.81. The lowest BCUT2D eigenvalue weighted by atomic mass is 10.0. The molecule has 4 rings (SSSR count). The second-order valence-corrected chi connectivity index (χ2v) is 8.11. The highest BCUT2D eigenvalue weighted by atomic mass is 19.1. The first-order valence-electron chi connectivity index (χ1n) is 11.0. The number of benzene rings is 4. The molecule has 0 spiro atoms. The number of hydrogen-bond acceptors (Lipinski definition) is 0. The van der Waals surface area contributed by atoms with Gasteiger partial charge in [-0.05, 0) is 71.7 Å². The Morgan fingerprint density at radius 2 is 1.35 bits per heavy atom. The molecule has 0 fully saturated rings. The minimum atomic E-state index is -0.151. The maximum absolute atomic E-state index is 14.2. The van der Waals surface area contributed by atoms with E-state index in [0.717, 1.165) is 22.9 Å². The maximum Gasteiger partial charge on any atom is 0.133 e. The smallest absolute Gasteiger partial charge is 0.133 e. The Labute approximate surface area is 184 Å². The zero-order chi connectivity index (χ0) is 21.6. The van der Waals surface area contributed by atoms with Crippen LogP contribution in [0.15, 0.2) is 78.9 Å². The number of hydrogen-bond donors (Lipinski definition) is 0. The van der Waals surface area contributed by atoms with Crippen molar-refractivity contribution in [2.45, 2.75) is 39.5 Å². The molecule has 31 heavy (non-hydrogen) atoms. The predicted octanol–water partition coefficient (Wildman–Crippen LogP) is 8.09. The summed E-state index contributed by atoms with van der Waals surface area (Å²) in [4.78, 5) is 0. The average molecular weight is 407 g/mol. The van der Waals surface area contributed by atoms with Crippen molar-refractivity contribution in [2.24, 2.45) is 0 Å². The van der Waals surface area contributed by atoms with Crippen LogP contribution in [0.25, 0.3) is 21.9 Å². The number of unbranched alkanes of at least 4 members (excludes halogenated alkanes) is 2. The summed E-state index contributed by atoms with van der Waals surface area (Å²) >= 11 is 0. The first-order chi connectivity index (χ1) is 15.1. The molecule has 4 aromatic rings. The Hall–Kier alpha value is -3.37. The summed E-state index contributed by atoms with van der Waals surface area (Å²) in [5, 5.41) is 1.52. The molecule has 0 unspecified atom stereocenters. The Bertz CT molecular complexity index is 1240. The third kappa shape index (κ3) is 5.04. The van der Waals surface area contributed by atoms with Gasteiger partial charge in [0.15, 0.2) is 0 Å². The molecule has 0 aliphatic heterocycles. The molecular formula is C30H27F. The van der Waals surface area contributed by atoms with Crippen LogP contribution in [0.1, 0.15) is 48.4 Å². The van der Waals surface area contributed by atoms with Gasteiger partial charge in [0.05, 0.1) is 0 Å². The molecule has 0 aromatic heterocycles. The third-order valence-corrected chi connectivity index (χ3v) is 5.74. The highest BCUT2D eigenvalue weighted by molar-refractivity contribution is 5.85. The van der Waals surface area contributed by atoms with Crippen molar-refractivity contribution in [2.75, 3.05) is 0 Å². The van der Waals surface area contributed by atoms with Gasteiger partial charge in [-0.3, -0.25) is 0 Å². The van der Waals surface area contributed by atoms with Crippen molar-refractivity contribution in [3.63, 3.8) is 0 Å². The fraction of sp³-hybridized carbons (Fsp3) is 0.200. The monoisotopic (exact) mass is 406 g/mol. The summed E-state index contributed by atoms with van der Waals surface area (Å²) in [6.45, 7) is 4.02. The van der Waals surface area contributed by atoms with Crippen molar-refractivity contribution >= 4 is 10.8 Å². The summed E-state index contributed by atoms with van der Waals surface area (Å²) in [6.07, 6.45) is 4.96. The lowest BCUT2D eigenvalue weighted by Gasteiger charge is -2.05. The zero-order valence-electron chi connectivity index (χ0n) is 18.2. The van der Waals surface area contributed by atoms with E-state index >= 15 is 0 Å². The van der Waals surface area contributed by atoms with E-state index in [1.54, 1.807) is 6.92 Å². The Kier molecular flexibility index (Phi) is 6.48. The molecule has 0 N–H and O–H groups in total. The standard InChI is InChI=1S/C30H27F/c1-3-4-5-6-23-10-16-26(17-11-23)27-18-12-24(13-19-27)8-9-25-14-20-29-28(21-25)15-7-22(2)30(29)31/h7,10-21H,3-6H2,1-2H3. The van der Waals surface area contributed by atoms with Gasteiger partial charge in [-0.1, -0.05) is 86.2 Å². The predicted molar refractivity (Wildman–Crippen MR) is 130 cm³/mol. The second kappa shape index (κ2) is 9.63. The van der Waals surface area contributed by atoms with Gasteiger partial charge in [-0.2, -0.15) is 0 Å². The van der Waals surface area contributed by atoms with Crippen LogP contribution in [0, 0.1) is 24.6 Å². The fourth-order valence-electron chi connectivity index (χ4n) is 3.81. The topological polar surface area (TPSA) is 0 Å². The minimum Gasteiger partial charge on any atom is -0.206 e. The van der Waals surface area contributed by atoms with Crippen molar-refractivity contribution in [3.05, 3.63) is 107 Å². The van der Waals surface area contributed by atoms with Gasteiger partial charge in [0.2, 0.25) is 0 Å². The summed E-state index contributed by atoms with van der Waals surface area (Å²) in [5.74, 6) is 6.28. The highest BCUT2D eigenvalue weighted by Crippen LogP contribution is 2.23. The minimum absolute atomic E-state index is 0.151. The lowest BCUT2D eigenvalue weighted by Crippen LogP contribution is -1.86. The van der Waals surface area contributed by atoms with Crippen molar-refractivity contribution in [3.8, 4) is 23.0 Å². The number of rotatable bonds is 5. The number of fused-ring (bicyclic) bond motifs is 1. The molecule has 4 aromatic carbocycles. The summed E-state index contributed by atoms with van der Waals surface area (Å²) < 4.78 is 14.2. The van der Waals surface area contributed by atoms with Gasteiger partial charge in [0.25, 0.3) is 0 Å². The van der Waals surface area contributed by atoms with E-state index < -0.39 is 0 Å². The largest absolute Gasteiger partial charge is 0.206 e. The third-order valence-electron chi connectivity index (χ3n) is 5.74. The first kappa shape index (κ1) is 20.9. The molecular weight excluding hydrogens is 379 g/mol. The first-order valence-corrected chi connectivity index (χ1v) is 11.0. The van der Waals surface area contributed by atoms with Crippen LogP contribution in [-0.2, 0) is 6.42 Å². The molecule has 0 saturated carbocycles. The van der Waals surface area contributed by atoms with E-state index in [9.17, 15) is 4.39 Å². The highest BCUT2D eigenvalue weighted by Gasteiger charge is 2.04. The Balaban J connectivity index is 1.47. The summed E-state index contributed by atoms with van der Waals surface area (Å²) in [6, 6.07) is 26.6. The van der Waals surface area contributed by atoms with Crippen LogP contribution in [0.4, 0.5) is 4.39 Å². The van der Waals surface area contributed by atoms with Crippen LogP contribution >= 0.6 is 0 Å². The van der Waals surface area contributed by atoms with Crippen LogP contribution in [-0.4, -0.2) is 0 Å². The van der Waals surface area contributed by atoms with E-state index in [1.807, 2.05) is 30.3 Å². The Morgan fingerprint density at radius 3 is 2.06 bits per heavy atom. The second-order valence-electron chi connectivity index (χ2n) is 8.11. The number of halogens is 1. The van der Waals surface area contributed by atoms with Gasteiger partial charge >= 0.3 is 0 Å². The van der Waals surface area contributed by atoms with Crippen LogP contribution in [0.3, 0.4) is 0 Å².